The topological polar surface area (TPSA) is 64.1 Å². The largest absolute Gasteiger partial charge is 0.435 e. The molecule has 1 aliphatic carbocycles. The highest BCUT2D eigenvalue weighted by molar-refractivity contribution is 7.99. The summed E-state index contributed by atoms with van der Waals surface area (Å²) in [4.78, 5) is 20.7. The van der Waals surface area contributed by atoms with Gasteiger partial charge in [0.05, 0.1) is 11.4 Å². The van der Waals surface area contributed by atoms with E-state index in [2.05, 4.69) is 20.0 Å². The average molecular weight is 393 g/mol. The normalized spacial score (nSPS) is 14.9. The first kappa shape index (κ1) is 19.5. The van der Waals surface area contributed by atoms with Crippen molar-refractivity contribution in [1.82, 2.24) is 15.3 Å². The Morgan fingerprint density at radius 3 is 2.85 bits per heavy atom. The zero-order valence-electron chi connectivity index (χ0n) is 14.7. The van der Waals surface area contributed by atoms with Crippen LogP contribution in [0.15, 0.2) is 41.7 Å². The first-order valence-electron chi connectivity index (χ1n) is 8.90. The zero-order valence-corrected chi connectivity index (χ0v) is 15.6. The standard InChI is InChI=1S/C19H21F2N3O2S/c20-18(21)26-15-8-4-5-13(11-15)16-9-10-22-19(24-16)27-12-17(25)23-14-6-2-1-3-7-14/h4-5,8-11,14,18H,1-3,6-7,12H2,(H,23,25). The van der Waals surface area contributed by atoms with Gasteiger partial charge < -0.3 is 10.1 Å². The fourth-order valence-electron chi connectivity index (χ4n) is 3.05. The molecule has 1 saturated carbocycles. The number of amides is 1. The van der Waals surface area contributed by atoms with Crippen molar-refractivity contribution in [2.75, 3.05) is 5.75 Å². The van der Waals surface area contributed by atoms with E-state index < -0.39 is 6.61 Å². The molecule has 2 aromatic rings. The van der Waals surface area contributed by atoms with Gasteiger partial charge in [0.25, 0.3) is 0 Å². The van der Waals surface area contributed by atoms with Gasteiger partial charge in [-0.25, -0.2) is 9.97 Å². The Labute approximate surface area is 160 Å². The number of alkyl halides is 2. The Hall–Kier alpha value is -2.22. The van der Waals surface area contributed by atoms with Crippen molar-refractivity contribution in [3.8, 4) is 17.0 Å². The van der Waals surface area contributed by atoms with Gasteiger partial charge in [-0.1, -0.05) is 43.2 Å². The molecule has 1 fully saturated rings. The van der Waals surface area contributed by atoms with Crippen molar-refractivity contribution >= 4 is 17.7 Å². The quantitative estimate of drug-likeness (QED) is 0.562. The number of nitrogens with zero attached hydrogens (tertiary/aromatic N) is 2. The SMILES string of the molecule is O=C(CSc1nccc(-c2cccc(OC(F)F)c2)n1)NC1CCCCC1. The summed E-state index contributed by atoms with van der Waals surface area (Å²) < 4.78 is 29.2. The van der Waals surface area contributed by atoms with Crippen molar-refractivity contribution in [3.05, 3.63) is 36.5 Å². The third-order valence-electron chi connectivity index (χ3n) is 4.29. The van der Waals surface area contributed by atoms with Crippen LogP contribution in [0.3, 0.4) is 0 Å². The molecule has 0 radical (unpaired) electrons. The number of ether oxygens (including phenoxy) is 1. The molecule has 0 aliphatic heterocycles. The van der Waals surface area contributed by atoms with Gasteiger partial charge in [-0.05, 0) is 31.0 Å². The van der Waals surface area contributed by atoms with Crippen molar-refractivity contribution in [1.29, 1.82) is 0 Å². The summed E-state index contributed by atoms with van der Waals surface area (Å²) in [6, 6.07) is 8.30. The van der Waals surface area contributed by atoms with Crippen LogP contribution in [0.4, 0.5) is 8.78 Å². The fraction of sp³-hybridized carbons (Fsp3) is 0.421. The summed E-state index contributed by atoms with van der Waals surface area (Å²) in [5.41, 5.74) is 1.23. The lowest BCUT2D eigenvalue weighted by Gasteiger charge is -2.22. The molecular weight excluding hydrogens is 372 g/mol. The van der Waals surface area contributed by atoms with Gasteiger partial charge in [-0.15, -0.1) is 0 Å². The maximum absolute atomic E-state index is 12.4. The van der Waals surface area contributed by atoms with Gasteiger partial charge in [0, 0.05) is 17.8 Å². The van der Waals surface area contributed by atoms with Crippen LogP contribution in [0.5, 0.6) is 5.75 Å². The molecule has 5 nitrogen and oxygen atoms in total. The van der Waals surface area contributed by atoms with Crippen molar-refractivity contribution < 1.29 is 18.3 Å². The zero-order chi connectivity index (χ0) is 19.1. The summed E-state index contributed by atoms with van der Waals surface area (Å²) in [7, 11) is 0. The van der Waals surface area contributed by atoms with Gasteiger partial charge in [0.15, 0.2) is 5.16 Å². The van der Waals surface area contributed by atoms with Crippen LogP contribution >= 0.6 is 11.8 Å². The van der Waals surface area contributed by atoms with Crippen LogP contribution in [0.25, 0.3) is 11.3 Å². The predicted octanol–water partition coefficient (Wildman–Crippen LogP) is 4.29. The second-order valence-electron chi connectivity index (χ2n) is 6.32. The summed E-state index contributed by atoms with van der Waals surface area (Å²) in [5.74, 6) is 0.296. The minimum atomic E-state index is -2.88. The van der Waals surface area contributed by atoms with E-state index in [-0.39, 0.29) is 23.5 Å². The highest BCUT2D eigenvalue weighted by atomic mass is 32.2. The minimum absolute atomic E-state index is 0.0202. The Morgan fingerprint density at radius 1 is 1.26 bits per heavy atom. The van der Waals surface area contributed by atoms with Crippen LogP contribution < -0.4 is 10.1 Å². The summed E-state index contributed by atoms with van der Waals surface area (Å²) in [5, 5.41) is 3.52. The Kier molecular flexibility index (Phi) is 6.98. The van der Waals surface area contributed by atoms with Gasteiger partial charge in [0.1, 0.15) is 5.75 Å². The molecule has 27 heavy (non-hydrogen) atoms. The Bertz CT molecular complexity index is 770. The van der Waals surface area contributed by atoms with Crippen LogP contribution in [-0.4, -0.2) is 34.3 Å². The number of aromatic nitrogens is 2. The number of thioether (sulfide) groups is 1. The highest BCUT2D eigenvalue weighted by Crippen LogP contribution is 2.25. The van der Waals surface area contributed by atoms with Crippen molar-refractivity contribution in [2.24, 2.45) is 0 Å². The third-order valence-corrected chi connectivity index (χ3v) is 5.15. The van der Waals surface area contributed by atoms with E-state index in [9.17, 15) is 13.6 Å². The number of halogens is 2. The lowest BCUT2D eigenvalue weighted by atomic mass is 9.95. The van der Waals surface area contributed by atoms with Crippen LogP contribution in [-0.2, 0) is 4.79 Å². The monoisotopic (exact) mass is 393 g/mol. The van der Waals surface area contributed by atoms with E-state index in [1.807, 2.05) is 0 Å². The lowest BCUT2D eigenvalue weighted by molar-refractivity contribution is -0.119. The van der Waals surface area contributed by atoms with Crippen LogP contribution in [0.2, 0.25) is 0 Å². The molecule has 1 aliphatic rings. The van der Waals surface area contributed by atoms with E-state index in [0.717, 1.165) is 25.7 Å². The highest BCUT2D eigenvalue weighted by Gasteiger charge is 2.16. The molecule has 1 aromatic heterocycles. The van der Waals surface area contributed by atoms with Crippen LogP contribution in [0, 0.1) is 0 Å². The van der Waals surface area contributed by atoms with Crippen molar-refractivity contribution in [3.63, 3.8) is 0 Å². The first-order chi connectivity index (χ1) is 13.1. The molecule has 3 rings (SSSR count). The maximum Gasteiger partial charge on any atom is 0.387 e. The molecule has 0 unspecified atom stereocenters. The number of hydrogen-bond acceptors (Lipinski definition) is 5. The molecule has 0 atom stereocenters. The molecule has 8 heteroatoms. The number of rotatable bonds is 7. The maximum atomic E-state index is 12.4. The van der Waals surface area contributed by atoms with Gasteiger partial charge in [0.2, 0.25) is 5.91 Å². The second kappa shape index (κ2) is 9.64. The predicted molar refractivity (Wildman–Crippen MR) is 99.8 cm³/mol. The molecule has 1 heterocycles. The molecule has 0 spiro atoms. The fourth-order valence-corrected chi connectivity index (χ4v) is 3.69. The smallest absolute Gasteiger partial charge is 0.387 e. The number of carbonyl (C=O) groups is 1. The molecule has 1 amide bonds. The molecule has 0 saturated heterocycles. The van der Waals surface area contributed by atoms with E-state index in [1.54, 1.807) is 24.4 Å². The molecule has 0 bridgehead atoms. The number of benzene rings is 1. The van der Waals surface area contributed by atoms with Crippen molar-refractivity contribution in [2.45, 2.75) is 49.9 Å². The Morgan fingerprint density at radius 2 is 2.07 bits per heavy atom. The summed E-state index contributed by atoms with van der Waals surface area (Å²) in [6.45, 7) is -2.88. The Balaban J connectivity index is 1.59. The number of nitrogens with one attached hydrogen (secondary N) is 1. The van der Waals surface area contributed by atoms with E-state index >= 15 is 0 Å². The lowest BCUT2D eigenvalue weighted by Crippen LogP contribution is -2.37. The summed E-state index contributed by atoms with van der Waals surface area (Å²) in [6.07, 6.45) is 7.24. The van der Waals surface area contributed by atoms with Gasteiger partial charge in [-0.2, -0.15) is 8.78 Å². The minimum Gasteiger partial charge on any atom is -0.435 e. The second-order valence-corrected chi connectivity index (χ2v) is 7.26. The first-order valence-corrected chi connectivity index (χ1v) is 9.89. The van der Waals surface area contributed by atoms with E-state index in [4.69, 9.17) is 0 Å². The summed E-state index contributed by atoms with van der Waals surface area (Å²) >= 11 is 1.26. The molecule has 1 N–H and O–H groups in total. The van der Waals surface area contributed by atoms with Crippen LogP contribution in [0.1, 0.15) is 32.1 Å². The number of hydrogen-bond donors (Lipinski definition) is 1. The molecular formula is C19H21F2N3O2S. The molecule has 144 valence electrons. The van der Waals surface area contributed by atoms with E-state index in [1.165, 1.54) is 30.3 Å². The third kappa shape index (κ3) is 6.16. The van der Waals surface area contributed by atoms with Gasteiger partial charge in [-0.3, -0.25) is 4.79 Å². The molecule has 1 aromatic carbocycles. The van der Waals surface area contributed by atoms with Gasteiger partial charge >= 0.3 is 6.61 Å². The number of carbonyl (C=O) groups excluding carboxylic acids is 1. The average Bonchev–Trinajstić information content (AvgIpc) is 2.67. The van der Waals surface area contributed by atoms with E-state index in [0.29, 0.717) is 16.4 Å².